The first kappa shape index (κ1) is 17.6. The molecule has 2 aliphatic rings. The van der Waals surface area contributed by atoms with Crippen LogP contribution in [0.15, 0.2) is 48.8 Å². The zero-order chi connectivity index (χ0) is 18.9. The van der Waals surface area contributed by atoms with Crippen LogP contribution in [0.4, 0.5) is 4.39 Å². The predicted octanol–water partition coefficient (Wildman–Crippen LogP) is 2.32. The van der Waals surface area contributed by atoms with Crippen LogP contribution in [0.3, 0.4) is 0 Å². The Morgan fingerprint density at radius 3 is 2.78 bits per heavy atom. The molecule has 6 heteroatoms. The van der Waals surface area contributed by atoms with Crippen LogP contribution in [0.5, 0.6) is 0 Å². The molecule has 2 fully saturated rings. The quantitative estimate of drug-likeness (QED) is 0.882. The van der Waals surface area contributed by atoms with Gasteiger partial charge < -0.3 is 10.2 Å². The number of carbonyl (C=O) groups is 2. The maximum atomic E-state index is 13.0. The fraction of sp³-hybridized carbons (Fsp3) is 0.381. The highest BCUT2D eigenvalue weighted by atomic mass is 19.1. The average Bonchev–Trinajstić information content (AvgIpc) is 3.22. The van der Waals surface area contributed by atoms with Gasteiger partial charge in [-0.2, -0.15) is 0 Å². The highest BCUT2D eigenvalue weighted by molar-refractivity contribution is 5.84. The number of halogens is 1. The number of nitrogens with one attached hydrogen (secondary N) is 1. The summed E-state index contributed by atoms with van der Waals surface area (Å²) in [5, 5.41) is 2.98. The van der Waals surface area contributed by atoms with Crippen molar-refractivity contribution >= 4 is 11.8 Å². The lowest BCUT2D eigenvalue weighted by Gasteiger charge is -2.17. The van der Waals surface area contributed by atoms with Crippen molar-refractivity contribution in [2.24, 2.45) is 11.3 Å². The van der Waals surface area contributed by atoms with Crippen LogP contribution >= 0.6 is 0 Å². The minimum absolute atomic E-state index is 0.0159. The molecule has 1 aliphatic carbocycles. The van der Waals surface area contributed by atoms with Gasteiger partial charge in [0.05, 0.1) is 6.42 Å². The summed E-state index contributed by atoms with van der Waals surface area (Å²) in [6.07, 6.45) is 5.43. The van der Waals surface area contributed by atoms with Gasteiger partial charge in [-0.25, -0.2) is 4.39 Å². The summed E-state index contributed by atoms with van der Waals surface area (Å²) in [6.45, 7) is 1.80. The third-order valence-electron chi connectivity index (χ3n) is 5.70. The maximum absolute atomic E-state index is 13.0. The van der Waals surface area contributed by atoms with Crippen LogP contribution < -0.4 is 5.32 Å². The highest BCUT2D eigenvalue weighted by Gasteiger charge is 2.61. The van der Waals surface area contributed by atoms with Crippen LogP contribution in [0, 0.1) is 17.2 Å². The van der Waals surface area contributed by atoms with Crippen LogP contribution in [0.25, 0.3) is 0 Å². The summed E-state index contributed by atoms with van der Waals surface area (Å²) >= 11 is 0. The number of nitrogens with zero attached hydrogens (tertiary/aromatic N) is 2. The number of benzene rings is 1. The van der Waals surface area contributed by atoms with Gasteiger partial charge >= 0.3 is 0 Å². The molecule has 1 N–H and O–H groups in total. The second kappa shape index (κ2) is 7.10. The van der Waals surface area contributed by atoms with Crippen molar-refractivity contribution < 1.29 is 14.0 Å². The lowest BCUT2D eigenvalue weighted by Crippen LogP contribution is -2.32. The number of amides is 2. The lowest BCUT2D eigenvalue weighted by atomic mass is 10.0. The molecule has 1 aromatic carbocycles. The summed E-state index contributed by atoms with van der Waals surface area (Å²) in [4.78, 5) is 30.9. The molecule has 5 nitrogen and oxygen atoms in total. The van der Waals surface area contributed by atoms with Crippen molar-refractivity contribution in [1.29, 1.82) is 0 Å². The number of hydrogen-bond acceptors (Lipinski definition) is 3. The topological polar surface area (TPSA) is 62.3 Å². The van der Waals surface area contributed by atoms with E-state index in [4.69, 9.17) is 0 Å². The van der Waals surface area contributed by atoms with E-state index in [0.29, 0.717) is 19.6 Å². The fourth-order valence-electron chi connectivity index (χ4n) is 3.98. The first-order valence-corrected chi connectivity index (χ1v) is 9.25. The Kier molecular flexibility index (Phi) is 4.64. The van der Waals surface area contributed by atoms with E-state index in [1.54, 1.807) is 24.5 Å². The molecule has 2 amide bonds. The van der Waals surface area contributed by atoms with Gasteiger partial charge in [-0.1, -0.05) is 18.2 Å². The number of carbonyl (C=O) groups excluding carboxylic acids is 2. The fourth-order valence-corrected chi connectivity index (χ4v) is 3.98. The van der Waals surface area contributed by atoms with Gasteiger partial charge in [-0.3, -0.25) is 14.6 Å². The van der Waals surface area contributed by atoms with Gasteiger partial charge in [-0.05, 0) is 42.2 Å². The summed E-state index contributed by atoms with van der Waals surface area (Å²) in [5.41, 5.74) is 1.73. The molecule has 0 bridgehead atoms. The van der Waals surface area contributed by atoms with E-state index in [9.17, 15) is 14.0 Å². The molecule has 2 heterocycles. The molecular formula is C21H22FN3O2. The van der Waals surface area contributed by atoms with Gasteiger partial charge in [-0.15, -0.1) is 0 Å². The Balaban J connectivity index is 1.28. The largest absolute Gasteiger partial charge is 0.352 e. The SMILES string of the molecule is O=C(NCc1cccnc1)[C@@H]1C[C@]12CCN(C(=O)Cc1ccc(F)cc1)C2. The molecule has 1 aliphatic heterocycles. The van der Waals surface area contributed by atoms with Crippen molar-refractivity contribution in [3.05, 3.63) is 65.7 Å². The second-order valence-corrected chi connectivity index (χ2v) is 7.57. The lowest BCUT2D eigenvalue weighted by molar-refractivity contribution is -0.130. The monoisotopic (exact) mass is 367 g/mol. The Labute approximate surface area is 157 Å². The van der Waals surface area contributed by atoms with Gasteiger partial charge in [0.25, 0.3) is 0 Å². The van der Waals surface area contributed by atoms with Gasteiger partial charge in [0.1, 0.15) is 5.82 Å². The predicted molar refractivity (Wildman–Crippen MR) is 97.9 cm³/mol. The van der Waals surface area contributed by atoms with Crippen LogP contribution in [0.1, 0.15) is 24.0 Å². The third-order valence-corrected chi connectivity index (χ3v) is 5.70. The van der Waals surface area contributed by atoms with E-state index in [0.717, 1.165) is 24.0 Å². The second-order valence-electron chi connectivity index (χ2n) is 7.57. The number of likely N-dealkylation sites (tertiary alicyclic amines) is 1. The Morgan fingerprint density at radius 2 is 2.04 bits per heavy atom. The van der Waals surface area contributed by atoms with E-state index >= 15 is 0 Å². The van der Waals surface area contributed by atoms with Crippen molar-refractivity contribution in [2.75, 3.05) is 13.1 Å². The Hall–Kier alpha value is -2.76. The molecule has 4 rings (SSSR count). The number of rotatable bonds is 5. The van der Waals surface area contributed by atoms with E-state index in [1.807, 2.05) is 17.0 Å². The Morgan fingerprint density at radius 1 is 1.22 bits per heavy atom. The molecule has 1 aromatic heterocycles. The minimum Gasteiger partial charge on any atom is -0.352 e. The van der Waals surface area contributed by atoms with Crippen LogP contribution in [-0.2, 0) is 22.6 Å². The molecule has 2 atom stereocenters. The molecule has 1 spiro atoms. The standard InChI is InChI=1S/C21H22FN3O2/c22-17-5-3-15(4-6-17)10-19(26)25-9-7-21(14-25)11-18(21)20(27)24-13-16-2-1-8-23-12-16/h1-6,8,12,18H,7,9-11,13-14H2,(H,24,27)/t18-,21-/m0/s1. The molecule has 140 valence electrons. The molecule has 27 heavy (non-hydrogen) atoms. The summed E-state index contributed by atoms with van der Waals surface area (Å²) in [6, 6.07) is 9.81. The molecule has 0 unspecified atom stereocenters. The van der Waals surface area contributed by atoms with Gasteiger partial charge in [0, 0.05) is 43.4 Å². The third kappa shape index (κ3) is 3.84. The number of aromatic nitrogens is 1. The van der Waals surface area contributed by atoms with E-state index < -0.39 is 0 Å². The summed E-state index contributed by atoms with van der Waals surface area (Å²) in [7, 11) is 0. The van der Waals surface area contributed by atoms with Crippen molar-refractivity contribution in [3.63, 3.8) is 0 Å². The van der Waals surface area contributed by atoms with Crippen molar-refractivity contribution in [3.8, 4) is 0 Å². The average molecular weight is 367 g/mol. The van der Waals surface area contributed by atoms with Crippen LogP contribution in [-0.4, -0.2) is 34.8 Å². The zero-order valence-electron chi connectivity index (χ0n) is 15.0. The van der Waals surface area contributed by atoms with Gasteiger partial charge in [0.2, 0.25) is 11.8 Å². The van der Waals surface area contributed by atoms with Crippen molar-refractivity contribution in [2.45, 2.75) is 25.8 Å². The molecule has 0 radical (unpaired) electrons. The Bertz CT molecular complexity index is 840. The highest BCUT2D eigenvalue weighted by Crippen LogP contribution is 2.58. The van der Waals surface area contributed by atoms with Gasteiger partial charge in [0.15, 0.2) is 0 Å². The normalized spacial score (nSPS) is 23.4. The first-order chi connectivity index (χ1) is 13.1. The van der Waals surface area contributed by atoms with E-state index in [1.165, 1.54) is 12.1 Å². The maximum Gasteiger partial charge on any atom is 0.227 e. The van der Waals surface area contributed by atoms with E-state index in [2.05, 4.69) is 10.3 Å². The molecular weight excluding hydrogens is 345 g/mol. The van der Waals surface area contributed by atoms with Crippen LogP contribution in [0.2, 0.25) is 0 Å². The molecule has 1 saturated heterocycles. The first-order valence-electron chi connectivity index (χ1n) is 9.25. The molecule has 1 saturated carbocycles. The number of pyridine rings is 1. The number of hydrogen-bond donors (Lipinski definition) is 1. The smallest absolute Gasteiger partial charge is 0.227 e. The zero-order valence-corrected chi connectivity index (χ0v) is 15.0. The summed E-state index contributed by atoms with van der Waals surface area (Å²) < 4.78 is 13.0. The molecule has 2 aromatic rings. The van der Waals surface area contributed by atoms with E-state index in [-0.39, 0.29) is 35.4 Å². The minimum atomic E-state index is -0.301. The summed E-state index contributed by atoms with van der Waals surface area (Å²) in [5.74, 6) is -0.214. The van der Waals surface area contributed by atoms with Crippen molar-refractivity contribution in [1.82, 2.24) is 15.2 Å².